The second-order valence-electron chi connectivity index (χ2n) is 6.70. The van der Waals surface area contributed by atoms with Crippen LogP contribution >= 0.6 is 0 Å². The monoisotopic (exact) mass is 361 g/mol. The number of benzene rings is 1. The molecular weight excluding hydrogens is 342 g/mol. The summed E-state index contributed by atoms with van der Waals surface area (Å²) >= 11 is 0. The van der Waals surface area contributed by atoms with Gasteiger partial charge >= 0.3 is 5.69 Å². The van der Waals surface area contributed by atoms with Crippen LogP contribution in [0, 0.1) is 12.3 Å². The number of nitrogens with one attached hydrogen (secondary N) is 1. The molecule has 1 atom stereocenters. The molecule has 25 heavy (non-hydrogen) atoms. The molecule has 3 rings (SSSR count). The number of rotatable bonds is 4. The second kappa shape index (κ2) is 5.58. The predicted molar refractivity (Wildman–Crippen MR) is 95.0 cm³/mol. The maximum atomic E-state index is 12.5. The Bertz CT molecular complexity index is 1130. The lowest BCUT2D eigenvalue weighted by molar-refractivity contribution is 0.558. The van der Waals surface area contributed by atoms with Crippen LogP contribution in [0.1, 0.15) is 32.7 Å². The van der Waals surface area contributed by atoms with Gasteiger partial charge in [0.2, 0.25) is 10.0 Å². The number of sulfonamides is 1. The lowest BCUT2D eigenvalue weighted by Gasteiger charge is -2.16. The molecule has 2 aromatic rings. The van der Waals surface area contributed by atoms with Crippen molar-refractivity contribution >= 4 is 20.9 Å². The number of fused-ring (bicyclic) bond motifs is 1. The normalized spacial score (nSPS) is 17.2. The molecule has 1 aromatic heterocycles. The lowest BCUT2D eigenvalue weighted by Crippen LogP contribution is -2.39. The van der Waals surface area contributed by atoms with Crippen molar-refractivity contribution in [1.82, 2.24) is 13.9 Å². The molecule has 1 saturated carbocycles. The first kappa shape index (κ1) is 17.5. The van der Waals surface area contributed by atoms with Gasteiger partial charge in [0, 0.05) is 12.6 Å². The minimum atomic E-state index is -3.75. The van der Waals surface area contributed by atoms with Crippen LogP contribution in [0.4, 0.5) is 0 Å². The van der Waals surface area contributed by atoms with Crippen molar-refractivity contribution in [2.75, 3.05) is 0 Å². The van der Waals surface area contributed by atoms with Crippen molar-refractivity contribution in [2.24, 2.45) is 7.05 Å². The second-order valence-corrected chi connectivity index (χ2v) is 8.39. The maximum Gasteiger partial charge on any atom is 0.332 e. The van der Waals surface area contributed by atoms with Crippen molar-refractivity contribution in [3.8, 4) is 12.3 Å². The summed E-state index contributed by atoms with van der Waals surface area (Å²) in [5.74, 6) is 2.46. The number of terminal acetylenes is 1. The zero-order valence-corrected chi connectivity index (χ0v) is 15.1. The molecule has 1 fully saturated rings. The Hall–Kier alpha value is -2.37. The van der Waals surface area contributed by atoms with E-state index in [1.165, 1.54) is 29.8 Å². The van der Waals surface area contributed by atoms with E-state index in [1.807, 2.05) is 6.92 Å². The molecule has 0 spiro atoms. The van der Waals surface area contributed by atoms with E-state index in [2.05, 4.69) is 10.6 Å². The molecule has 7 nitrogen and oxygen atoms in total. The van der Waals surface area contributed by atoms with Gasteiger partial charge in [-0.2, -0.15) is 0 Å². The van der Waals surface area contributed by atoms with E-state index in [0.717, 1.165) is 17.4 Å². The van der Waals surface area contributed by atoms with Crippen molar-refractivity contribution < 1.29 is 8.42 Å². The standard InChI is InChI=1S/C17H19N3O4S/c1-5-11(2)20-14-7-6-12(25(23,24)18-17(3)8-9-17)10-13(14)15(21)19(4)16(20)22/h1,6-7,10-11,18H,8-9H2,2-4H3/t11-/m1/s1. The van der Waals surface area contributed by atoms with Crippen LogP contribution < -0.4 is 16.0 Å². The van der Waals surface area contributed by atoms with Gasteiger partial charge in [-0.05, 0) is 44.9 Å². The van der Waals surface area contributed by atoms with E-state index in [1.54, 1.807) is 6.92 Å². The topological polar surface area (TPSA) is 90.2 Å². The molecule has 0 amide bonds. The SMILES string of the molecule is C#C[C@@H](C)n1c(=O)n(C)c(=O)c2cc(S(=O)(=O)NC3(C)CC3)ccc21. The zero-order chi connectivity index (χ0) is 18.6. The number of hydrogen-bond acceptors (Lipinski definition) is 4. The number of aromatic nitrogens is 2. The van der Waals surface area contributed by atoms with Gasteiger partial charge in [-0.1, -0.05) is 5.92 Å². The van der Waals surface area contributed by atoms with Gasteiger partial charge in [0.15, 0.2) is 0 Å². The molecule has 8 heteroatoms. The Kier molecular flexibility index (Phi) is 3.89. The molecule has 1 N–H and O–H groups in total. The third kappa shape index (κ3) is 2.90. The predicted octanol–water partition coefficient (Wildman–Crippen LogP) is 0.725. The van der Waals surface area contributed by atoms with Crippen LogP contribution in [0.25, 0.3) is 10.9 Å². The third-order valence-electron chi connectivity index (χ3n) is 4.58. The smallest absolute Gasteiger partial charge is 0.279 e. The highest BCUT2D eigenvalue weighted by molar-refractivity contribution is 7.89. The number of hydrogen-bond donors (Lipinski definition) is 1. The first-order valence-electron chi connectivity index (χ1n) is 7.85. The van der Waals surface area contributed by atoms with Crippen molar-refractivity contribution in [3.05, 3.63) is 39.0 Å². The van der Waals surface area contributed by atoms with Crippen LogP contribution in [-0.2, 0) is 17.1 Å². The fourth-order valence-electron chi connectivity index (χ4n) is 2.72. The summed E-state index contributed by atoms with van der Waals surface area (Å²) in [4.78, 5) is 24.8. The Morgan fingerprint density at radius 2 is 1.96 bits per heavy atom. The van der Waals surface area contributed by atoms with Crippen molar-refractivity contribution in [3.63, 3.8) is 0 Å². The summed E-state index contributed by atoms with van der Waals surface area (Å²) in [6, 6.07) is 3.56. The van der Waals surface area contributed by atoms with Gasteiger partial charge in [0.05, 0.1) is 21.8 Å². The molecule has 0 unspecified atom stereocenters. The zero-order valence-electron chi connectivity index (χ0n) is 14.2. The average molecular weight is 361 g/mol. The Morgan fingerprint density at radius 3 is 2.52 bits per heavy atom. The lowest BCUT2D eigenvalue weighted by atomic mass is 10.2. The number of nitrogens with zero attached hydrogens (tertiary/aromatic N) is 2. The van der Waals surface area contributed by atoms with Crippen LogP contribution in [0.2, 0.25) is 0 Å². The van der Waals surface area contributed by atoms with E-state index in [9.17, 15) is 18.0 Å². The van der Waals surface area contributed by atoms with Crippen molar-refractivity contribution in [2.45, 2.75) is 43.2 Å². The molecule has 1 heterocycles. The summed E-state index contributed by atoms with van der Waals surface area (Å²) in [6.07, 6.45) is 6.98. The largest absolute Gasteiger partial charge is 0.332 e. The minimum Gasteiger partial charge on any atom is -0.279 e. The van der Waals surface area contributed by atoms with E-state index in [4.69, 9.17) is 6.42 Å². The average Bonchev–Trinajstić information content (AvgIpc) is 3.28. The van der Waals surface area contributed by atoms with Gasteiger partial charge in [-0.25, -0.2) is 17.9 Å². The summed E-state index contributed by atoms with van der Waals surface area (Å²) in [6.45, 7) is 3.49. The highest BCUT2D eigenvalue weighted by Crippen LogP contribution is 2.36. The summed E-state index contributed by atoms with van der Waals surface area (Å²) < 4.78 is 30.0. The van der Waals surface area contributed by atoms with E-state index >= 15 is 0 Å². The van der Waals surface area contributed by atoms with Gasteiger partial charge in [0.1, 0.15) is 0 Å². The molecule has 0 radical (unpaired) electrons. The molecule has 1 aromatic carbocycles. The van der Waals surface area contributed by atoms with Gasteiger partial charge in [-0.3, -0.25) is 13.9 Å². The molecule has 1 aliphatic rings. The highest BCUT2D eigenvalue weighted by atomic mass is 32.2. The van der Waals surface area contributed by atoms with E-state index in [-0.39, 0.29) is 10.3 Å². The molecule has 0 aliphatic heterocycles. The van der Waals surface area contributed by atoms with Crippen LogP contribution in [0.3, 0.4) is 0 Å². The van der Waals surface area contributed by atoms with E-state index in [0.29, 0.717) is 5.52 Å². The fraction of sp³-hybridized carbons (Fsp3) is 0.412. The van der Waals surface area contributed by atoms with E-state index < -0.39 is 32.9 Å². The quantitative estimate of drug-likeness (QED) is 0.813. The minimum absolute atomic E-state index is 0.0104. The molecule has 132 valence electrons. The summed E-state index contributed by atoms with van der Waals surface area (Å²) in [5.41, 5.74) is -1.21. The molecular formula is C17H19N3O4S. The maximum absolute atomic E-state index is 12.5. The van der Waals surface area contributed by atoms with Crippen LogP contribution in [0.5, 0.6) is 0 Å². The summed E-state index contributed by atoms with van der Waals surface area (Å²) in [5, 5.41) is 0.132. The molecule has 1 aliphatic carbocycles. The summed E-state index contributed by atoms with van der Waals surface area (Å²) in [7, 11) is -2.41. The molecule has 0 bridgehead atoms. The van der Waals surface area contributed by atoms with Gasteiger partial charge in [-0.15, -0.1) is 6.42 Å². The van der Waals surface area contributed by atoms with Gasteiger partial charge in [0.25, 0.3) is 5.56 Å². The fourth-order valence-corrected chi connectivity index (χ4v) is 4.21. The van der Waals surface area contributed by atoms with Crippen molar-refractivity contribution in [1.29, 1.82) is 0 Å². The Labute approximate surface area is 145 Å². The first-order valence-corrected chi connectivity index (χ1v) is 9.33. The van der Waals surface area contributed by atoms with Crippen LogP contribution in [0.15, 0.2) is 32.7 Å². The van der Waals surface area contributed by atoms with Crippen LogP contribution in [-0.4, -0.2) is 23.1 Å². The molecule has 0 saturated heterocycles. The highest BCUT2D eigenvalue weighted by Gasteiger charge is 2.41. The first-order chi connectivity index (χ1) is 11.6. The third-order valence-corrected chi connectivity index (χ3v) is 6.21. The Balaban J connectivity index is 2.27. The Morgan fingerprint density at radius 1 is 1.32 bits per heavy atom. The van der Waals surface area contributed by atoms with Gasteiger partial charge < -0.3 is 0 Å².